The zero-order valence-electron chi connectivity index (χ0n) is 12.3. The van der Waals surface area contributed by atoms with Gasteiger partial charge < -0.3 is 15.4 Å². The molecule has 0 bridgehead atoms. The van der Waals surface area contributed by atoms with Crippen LogP contribution in [0.3, 0.4) is 0 Å². The van der Waals surface area contributed by atoms with E-state index in [9.17, 15) is 4.79 Å². The standard InChI is InChI=1S/C16H24N2O2/c1-12(14-9-6-10-17-11-14)18-16(19)15(20-2)13-7-4-3-5-8-13/h3-5,7-8,12,14-15,17H,6,9-11H2,1-2H3,(H,18,19). The molecule has 2 rings (SSSR count). The summed E-state index contributed by atoms with van der Waals surface area (Å²) in [7, 11) is 1.57. The number of rotatable bonds is 5. The summed E-state index contributed by atoms with van der Waals surface area (Å²) in [5, 5.41) is 6.48. The van der Waals surface area contributed by atoms with Gasteiger partial charge in [-0.05, 0) is 44.3 Å². The minimum Gasteiger partial charge on any atom is -0.367 e. The van der Waals surface area contributed by atoms with E-state index in [1.165, 1.54) is 6.42 Å². The smallest absolute Gasteiger partial charge is 0.253 e. The largest absolute Gasteiger partial charge is 0.367 e. The molecule has 2 N–H and O–H groups in total. The van der Waals surface area contributed by atoms with Gasteiger partial charge in [-0.25, -0.2) is 0 Å². The summed E-state index contributed by atoms with van der Waals surface area (Å²) < 4.78 is 5.36. The molecule has 0 aromatic heterocycles. The molecule has 1 aliphatic rings. The fraction of sp³-hybridized carbons (Fsp3) is 0.562. The Morgan fingerprint density at radius 2 is 2.15 bits per heavy atom. The normalized spacial score (nSPS) is 22.0. The van der Waals surface area contributed by atoms with Crippen LogP contribution in [0, 0.1) is 5.92 Å². The summed E-state index contributed by atoms with van der Waals surface area (Å²) in [4.78, 5) is 12.4. The number of piperidine rings is 1. The zero-order chi connectivity index (χ0) is 14.4. The van der Waals surface area contributed by atoms with Gasteiger partial charge in [0.15, 0.2) is 6.10 Å². The van der Waals surface area contributed by atoms with Crippen LogP contribution >= 0.6 is 0 Å². The lowest BCUT2D eigenvalue weighted by atomic mass is 9.92. The molecule has 1 aromatic rings. The average Bonchev–Trinajstić information content (AvgIpc) is 2.50. The van der Waals surface area contributed by atoms with Crippen LogP contribution in [0.1, 0.15) is 31.4 Å². The van der Waals surface area contributed by atoms with Gasteiger partial charge in [0.25, 0.3) is 5.91 Å². The minimum absolute atomic E-state index is 0.0585. The monoisotopic (exact) mass is 276 g/mol. The zero-order valence-corrected chi connectivity index (χ0v) is 12.3. The van der Waals surface area contributed by atoms with Gasteiger partial charge in [0.05, 0.1) is 0 Å². The molecule has 3 unspecified atom stereocenters. The van der Waals surface area contributed by atoms with Crippen molar-refractivity contribution in [1.29, 1.82) is 0 Å². The first-order chi connectivity index (χ1) is 9.72. The molecule has 4 heteroatoms. The molecule has 0 radical (unpaired) electrons. The highest BCUT2D eigenvalue weighted by Gasteiger charge is 2.25. The number of nitrogens with one attached hydrogen (secondary N) is 2. The third kappa shape index (κ3) is 3.81. The summed E-state index contributed by atoms with van der Waals surface area (Å²) in [5.74, 6) is 0.442. The van der Waals surface area contributed by atoms with Gasteiger partial charge in [-0.15, -0.1) is 0 Å². The van der Waals surface area contributed by atoms with Crippen molar-refractivity contribution >= 4 is 5.91 Å². The quantitative estimate of drug-likeness (QED) is 0.863. The highest BCUT2D eigenvalue weighted by Crippen LogP contribution is 2.19. The van der Waals surface area contributed by atoms with Crippen LogP contribution in [0.15, 0.2) is 30.3 Å². The third-order valence-corrected chi connectivity index (χ3v) is 3.99. The lowest BCUT2D eigenvalue weighted by molar-refractivity contribution is -0.132. The molecule has 1 saturated heterocycles. The first-order valence-electron chi connectivity index (χ1n) is 7.31. The predicted molar refractivity (Wildman–Crippen MR) is 79.4 cm³/mol. The Bertz CT molecular complexity index is 416. The van der Waals surface area contributed by atoms with E-state index in [4.69, 9.17) is 4.74 Å². The number of benzene rings is 1. The highest BCUT2D eigenvalue weighted by molar-refractivity contribution is 5.82. The van der Waals surface area contributed by atoms with Crippen molar-refractivity contribution in [3.05, 3.63) is 35.9 Å². The number of ether oxygens (including phenoxy) is 1. The molecular weight excluding hydrogens is 252 g/mol. The lowest BCUT2D eigenvalue weighted by Gasteiger charge is -2.30. The molecule has 0 saturated carbocycles. The van der Waals surface area contributed by atoms with E-state index >= 15 is 0 Å². The molecule has 3 atom stereocenters. The van der Waals surface area contributed by atoms with E-state index in [0.717, 1.165) is 25.1 Å². The van der Waals surface area contributed by atoms with Crippen molar-refractivity contribution in [2.75, 3.05) is 20.2 Å². The first kappa shape index (κ1) is 15.0. The van der Waals surface area contributed by atoms with Crippen molar-refractivity contribution in [3.63, 3.8) is 0 Å². The van der Waals surface area contributed by atoms with Crippen molar-refractivity contribution in [2.24, 2.45) is 5.92 Å². The van der Waals surface area contributed by atoms with E-state index in [1.54, 1.807) is 7.11 Å². The van der Waals surface area contributed by atoms with Crippen LogP contribution in [0.5, 0.6) is 0 Å². The van der Waals surface area contributed by atoms with Crippen LogP contribution in [0.2, 0.25) is 0 Å². The van der Waals surface area contributed by atoms with Gasteiger partial charge >= 0.3 is 0 Å². The van der Waals surface area contributed by atoms with E-state index in [1.807, 2.05) is 30.3 Å². The SMILES string of the molecule is COC(C(=O)NC(C)C1CCCNC1)c1ccccc1. The van der Waals surface area contributed by atoms with Gasteiger partial charge in [-0.2, -0.15) is 0 Å². The third-order valence-electron chi connectivity index (χ3n) is 3.99. The predicted octanol–water partition coefficient (Wildman–Crippen LogP) is 1.88. The second kappa shape index (κ2) is 7.41. The van der Waals surface area contributed by atoms with Crippen LogP contribution in [-0.4, -0.2) is 32.1 Å². The minimum atomic E-state index is -0.532. The summed E-state index contributed by atoms with van der Waals surface area (Å²) in [6.45, 7) is 4.14. The molecule has 110 valence electrons. The van der Waals surface area contributed by atoms with Gasteiger partial charge in [-0.1, -0.05) is 30.3 Å². The van der Waals surface area contributed by atoms with Crippen LogP contribution in [0.25, 0.3) is 0 Å². The maximum atomic E-state index is 12.4. The molecule has 20 heavy (non-hydrogen) atoms. The van der Waals surface area contributed by atoms with E-state index in [-0.39, 0.29) is 11.9 Å². The molecule has 1 heterocycles. The first-order valence-corrected chi connectivity index (χ1v) is 7.31. The number of amides is 1. The molecule has 1 aliphatic heterocycles. The Kier molecular flexibility index (Phi) is 5.56. The molecule has 4 nitrogen and oxygen atoms in total. The van der Waals surface area contributed by atoms with Crippen molar-refractivity contribution in [2.45, 2.75) is 31.9 Å². The molecule has 0 spiro atoms. The van der Waals surface area contributed by atoms with Gasteiger partial charge in [-0.3, -0.25) is 4.79 Å². The van der Waals surface area contributed by atoms with Crippen molar-refractivity contribution < 1.29 is 9.53 Å². The van der Waals surface area contributed by atoms with Gasteiger partial charge in [0.2, 0.25) is 0 Å². The van der Waals surface area contributed by atoms with E-state index < -0.39 is 6.10 Å². The number of carbonyl (C=O) groups is 1. The summed E-state index contributed by atoms with van der Waals surface area (Å²) in [6.07, 6.45) is 1.81. The maximum Gasteiger partial charge on any atom is 0.253 e. The molecule has 1 amide bonds. The fourth-order valence-corrected chi connectivity index (χ4v) is 2.75. The molecular formula is C16H24N2O2. The molecule has 1 aromatic carbocycles. The average molecular weight is 276 g/mol. The second-order valence-electron chi connectivity index (χ2n) is 5.43. The molecule has 0 aliphatic carbocycles. The molecule has 1 fully saturated rings. The maximum absolute atomic E-state index is 12.4. The summed E-state index contributed by atoms with van der Waals surface area (Å²) in [6, 6.07) is 9.77. The Morgan fingerprint density at radius 1 is 1.40 bits per heavy atom. The number of hydrogen-bond acceptors (Lipinski definition) is 3. The second-order valence-corrected chi connectivity index (χ2v) is 5.43. The van der Waals surface area contributed by atoms with Crippen LogP contribution in [-0.2, 0) is 9.53 Å². The van der Waals surface area contributed by atoms with Gasteiger partial charge in [0, 0.05) is 13.2 Å². The van der Waals surface area contributed by atoms with Crippen LogP contribution in [0.4, 0.5) is 0 Å². The Labute approximate surface area is 120 Å². The van der Waals surface area contributed by atoms with Crippen molar-refractivity contribution in [3.8, 4) is 0 Å². The number of hydrogen-bond donors (Lipinski definition) is 2. The lowest BCUT2D eigenvalue weighted by Crippen LogP contribution is -2.46. The van der Waals surface area contributed by atoms with E-state index in [2.05, 4.69) is 17.6 Å². The highest BCUT2D eigenvalue weighted by atomic mass is 16.5. The fourth-order valence-electron chi connectivity index (χ4n) is 2.75. The van der Waals surface area contributed by atoms with Gasteiger partial charge in [0.1, 0.15) is 0 Å². The summed E-state index contributed by atoms with van der Waals surface area (Å²) >= 11 is 0. The van der Waals surface area contributed by atoms with Crippen molar-refractivity contribution in [1.82, 2.24) is 10.6 Å². The Balaban J connectivity index is 1.95. The van der Waals surface area contributed by atoms with Crippen LogP contribution < -0.4 is 10.6 Å². The Morgan fingerprint density at radius 3 is 2.75 bits per heavy atom. The number of carbonyl (C=O) groups excluding carboxylic acids is 1. The summed E-state index contributed by atoms with van der Waals surface area (Å²) in [5.41, 5.74) is 0.890. The number of methoxy groups -OCH3 is 1. The Hall–Kier alpha value is -1.39. The van der Waals surface area contributed by atoms with E-state index in [0.29, 0.717) is 5.92 Å². The topological polar surface area (TPSA) is 50.4 Å².